The number of methoxy groups -OCH3 is 1. The average Bonchev–Trinajstić information content (AvgIpc) is 3.47. The number of rotatable bonds is 7. The van der Waals surface area contributed by atoms with Crippen LogP contribution in [0.2, 0.25) is 0 Å². The van der Waals surface area contributed by atoms with Gasteiger partial charge in [0.1, 0.15) is 10.8 Å². The number of ether oxygens (including phenoxy) is 1. The highest BCUT2D eigenvalue weighted by Gasteiger charge is 2.28. The quantitative estimate of drug-likeness (QED) is 0.638. The van der Waals surface area contributed by atoms with Crippen molar-refractivity contribution in [2.45, 2.75) is 25.5 Å². The molecule has 1 aliphatic heterocycles. The van der Waals surface area contributed by atoms with Gasteiger partial charge in [0.25, 0.3) is 5.91 Å². The van der Waals surface area contributed by atoms with Gasteiger partial charge in [0, 0.05) is 18.2 Å². The standard InChI is InChI=1S/C20H19N3O3S2/c1-25-16-6-4-13(5-7-16)9-14-10-17(26-23-14)19(24)21-11-15-12-28-20(22-15)18-3-2-8-27-18/h2-8,12,17H,9-11H2,1H3,(H,21,24)/t17-/m1/s1. The van der Waals surface area contributed by atoms with Crippen molar-refractivity contribution in [3.05, 3.63) is 58.4 Å². The van der Waals surface area contributed by atoms with Gasteiger partial charge in [-0.2, -0.15) is 0 Å². The van der Waals surface area contributed by atoms with E-state index in [9.17, 15) is 4.79 Å². The Kier molecular flexibility index (Phi) is 5.68. The summed E-state index contributed by atoms with van der Waals surface area (Å²) in [6, 6.07) is 11.8. The molecule has 4 rings (SSSR count). The summed E-state index contributed by atoms with van der Waals surface area (Å²) in [5.74, 6) is 0.647. The predicted molar refractivity (Wildman–Crippen MR) is 111 cm³/mol. The molecule has 2 aromatic heterocycles. The third-order valence-corrected chi connectivity index (χ3v) is 6.25. The van der Waals surface area contributed by atoms with Crippen LogP contribution in [0.25, 0.3) is 9.88 Å². The second kappa shape index (κ2) is 8.53. The summed E-state index contributed by atoms with van der Waals surface area (Å²) in [4.78, 5) is 23.4. The first-order valence-corrected chi connectivity index (χ1v) is 10.6. The zero-order valence-electron chi connectivity index (χ0n) is 15.3. The number of carbonyl (C=O) groups is 1. The maximum absolute atomic E-state index is 12.4. The number of thiophene rings is 1. The zero-order valence-corrected chi connectivity index (χ0v) is 16.9. The summed E-state index contributed by atoms with van der Waals surface area (Å²) >= 11 is 3.24. The van der Waals surface area contributed by atoms with Gasteiger partial charge in [-0.15, -0.1) is 22.7 Å². The minimum Gasteiger partial charge on any atom is -0.497 e. The molecule has 6 nitrogen and oxygen atoms in total. The molecule has 3 aromatic rings. The summed E-state index contributed by atoms with van der Waals surface area (Å²) in [5.41, 5.74) is 2.81. The van der Waals surface area contributed by atoms with E-state index in [-0.39, 0.29) is 5.91 Å². The van der Waals surface area contributed by atoms with Crippen LogP contribution in [-0.2, 0) is 22.6 Å². The average molecular weight is 414 g/mol. The van der Waals surface area contributed by atoms with E-state index in [2.05, 4.69) is 15.5 Å². The van der Waals surface area contributed by atoms with E-state index in [0.717, 1.165) is 32.6 Å². The van der Waals surface area contributed by atoms with Crippen molar-refractivity contribution in [3.63, 3.8) is 0 Å². The number of oxime groups is 1. The highest BCUT2D eigenvalue weighted by atomic mass is 32.1. The summed E-state index contributed by atoms with van der Waals surface area (Å²) in [6.45, 7) is 0.383. The van der Waals surface area contributed by atoms with E-state index in [0.29, 0.717) is 19.4 Å². The summed E-state index contributed by atoms with van der Waals surface area (Å²) in [5, 5.41) is 11.9. The summed E-state index contributed by atoms with van der Waals surface area (Å²) < 4.78 is 5.16. The molecule has 0 bridgehead atoms. The van der Waals surface area contributed by atoms with Gasteiger partial charge in [0.05, 0.1) is 29.9 Å². The molecular weight excluding hydrogens is 394 g/mol. The number of nitrogens with one attached hydrogen (secondary N) is 1. The largest absolute Gasteiger partial charge is 0.497 e. The molecule has 28 heavy (non-hydrogen) atoms. The van der Waals surface area contributed by atoms with Crippen molar-refractivity contribution in [2.75, 3.05) is 7.11 Å². The lowest BCUT2D eigenvalue weighted by molar-refractivity contribution is -0.131. The van der Waals surface area contributed by atoms with Crippen LogP contribution in [0.4, 0.5) is 0 Å². The van der Waals surface area contributed by atoms with E-state index in [1.165, 1.54) is 0 Å². The second-order valence-corrected chi connectivity index (χ2v) is 8.13. The molecule has 0 unspecified atom stereocenters. The van der Waals surface area contributed by atoms with Gasteiger partial charge < -0.3 is 14.9 Å². The molecule has 0 saturated carbocycles. The molecule has 1 aromatic carbocycles. The smallest absolute Gasteiger partial charge is 0.264 e. The number of hydrogen-bond acceptors (Lipinski definition) is 7. The van der Waals surface area contributed by atoms with E-state index in [1.807, 2.05) is 47.2 Å². The van der Waals surface area contributed by atoms with Crippen LogP contribution in [0.5, 0.6) is 5.75 Å². The number of thiazole rings is 1. The molecule has 1 aliphatic rings. The number of aromatic nitrogens is 1. The fourth-order valence-corrected chi connectivity index (χ4v) is 4.48. The van der Waals surface area contributed by atoms with Crippen molar-refractivity contribution in [2.24, 2.45) is 5.16 Å². The fourth-order valence-electron chi connectivity index (χ4n) is 2.84. The Balaban J connectivity index is 1.26. The van der Waals surface area contributed by atoms with E-state index < -0.39 is 6.10 Å². The third-order valence-electron chi connectivity index (χ3n) is 4.32. The Bertz CT molecular complexity index is 965. The van der Waals surface area contributed by atoms with Crippen molar-refractivity contribution in [1.82, 2.24) is 10.3 Å². The Hall–Kier alpha value is -2.71. The minimum atomic E-state index is -0.580. The third kappa shape index (κ3) is 4.40. The second-order valence-electron chi connectivity index (χ2n) is 6.32. The number of benzene rings is 1. The molecule has 1 N–H and O–H groups in total. The van der Waals surface area contributed by atoms with Gasteiger partial charge in [-0.3, -0.25) is 4.79 Å². The lowest BCUT2D eigenvalue weighted by Crippen LogP contribution is -2.34. The molecular formula is C20H19N3O3S2. The molecule has 8 heteroatoms. The maximum Gasteiger partial charge on any atom is 0.264 e. The Morgan fingerprint density at radius 1 is 1.29 bits per heavy atom. The predicted octanol–water partition coefficient (Wildman–Crippen LogP) is 3.88. The maximum atomic E-state index is 12.4. The number of nitrogens with zero attached hydrogens (tertiary/aromatic N) is 2. The van der Waals surface area contributed by atoms with Crippen molar-refractivity contribution in [3.8, 4) is 15.6 Å². The van der Waals surface area contributed by atoms with Gasteiger partial charge in [-0.1, -0.05) is 23.4 Å². The number of hydrogen-bond donors (Lipinski definition) is 1. The van der Waals surface area contributed by atoms with Gasteiger partial charge in [0.2, 0.25) is 6.10 Å². The first-order valence-electron chi connectivity index (χ1n) is 8.82. The van der Waals surface area contributed by atoms with Crippen LogP contribution in [-0.4, -0.2) is 29.8 Å². The Labute approximate surface area is 170 Å². The highest BCUT2D eigenvalue weighted by Crippen LogP contribution is 2.27. The fraction of sp³-hybridized carbons (Fsp3) is 0.250. The molecule has 1 amide bonds. The Morgan fingerprint density at radius 2 is 2.14 bits per heavy atom. The molecule has 0 spiro atoms. The minimum absolute atomic E-state index is 0.167. The van der Waals surface area contributed by atoms with Crippen LogP contribution >= 0.6 is 22.7 Å². The molecule has 1 atom stereocenters. The first kappa shape index (κ1) is 18.6. The SMILES string of the molecule is COc1ccc(CC2=NO[C@@H](C(=O)NCc3csc(-c4cccs4)n3)C2)cc1. The van der Waals surface area contributed by atoms with Crippen molar-refractivity contribution < 1.29 is 14.4 Å². The van der Waals surface area contributed by atoms with Gasteiger partial charge in [-0.05, 0) is 29.1 Å². The molecule has 144 valence electrons. The lowest BCUT2D eigenvalue weighted by atomic mass is 10.0. The van der Waals surface area contributed by atoms with Crippen LogP contribution in [0.3, 0.4) is 0 Å². The van der Waals surface area contributed by atoms with Crippen molar-refractivity contribution in [1.29, 1.82) is 0 Å². The first-order chi connectivity index (χ1) is 13.7. The molecule has 0 saturated heterocycles. The van der Waals surface area contributed by atoms with Gasteiger partial charge >= 0.3 is 0 Å². The van der Waals surface area contributed by atoms with Crippen LogP contribution < -0.4 is 10.1 Å². The van der Waals surface area contributed by atoms with Crippen LogP contribution in [0.15, 0.2) is 52.3 Å². The zero-order chi connectivity index (χ0) is 19.3. The molecule has 3 heterocycles. The van der Waals surface area contributed by atoms with E-state index in [1.54, 1.807) is 29.8 Å². The summed E-state index contributed by atoms with van der Waals surface area (Å²) in [6.07, 6.45) is 0.572. The van der Waals surface area contributed by atoms with Crippen molar-refractivity contribution >= 4 is 34.3 Å². The van der Waals surface area contributed by atoms with E-state index >= 15 is 0 Å². The van der Waals surface area contributed by atoms with Gasteiger partial charge in [-0.25, -0.2) is 4.98 Å². The topological polar surface area (TPSA) is 72.8 Å². The molecule has 0 fully saturated rings. The lowest BCUT2D eigenvalue weighted by Gasteiger charge is -2.08. The van der Waals surface area contributed by atoms with Gasteiger partial charge in [0.15, 0.2) is 0 Å². The number of carbonyl (C=O) groups excluding carboxylic acids is 1. The molecule has 0 radical (unpaired) electrons. The highest BCUT2D eigenvalue weighted by molar-refractivity contribution is 7.20. The normalized spacial score (nSPS) is 15.8. The monoisotopic (exact) mass is 413 g/mol. The van der Waals surface area contributed by atoms with E-state index in [4.69, 9.17) is 9.57 Å². The Morgan fingerprint density at radius 3 is 2.89 bits per heavy atom. The molecule has 0 aliphatic carbocycles. The number of amides is 1. The van der Waals surface area contributed by atoms with Crippen LogP contribution in [0, 0.1) is 0 Å². The van der Waals surface area contributed by atoms with Crippen LogP contribution in [0.1, 0.15) is 17.7 Å². The summed E-state index contributed by atoms with van der Waals surface area (Å²) in [7, 11) is 1.64.